The summed E-state index contributed by atoms with van der Waals surface area (Å²) in [5.74, 6) is 1.27. The second-order valence-corrected chi connectivity index (χ2v) is 4.79. The molecule has 0 aliphatic heterocycles. The van der Waals surface area contributed by atoms with Gasteiger partial charge in [0.15, 0.2) is 11.6 Å². The van der Waals surface area contributed by atoms with Crippen LogP contribution in [0.4, 0.5) is 4.39 Å². The van der Waals surface area contributed by atoms with Crippen molar-refractivity contribution in [1.29, 1.82) is 0 Å². The zero-order chi connectivity index (χ0) is 12.8. The van der Waals surface area contributed by atoms with Gasteiger partial charge in [-0.05, 0) is 24.4 Å². The van der Waals surface area contributed by atoms with E-state index in [1.54, 1.807) is 12.1 Å². The molecule has 2 nitrogen and oxygen atoms in total. The molecule has 0 amide bonds. The van der Waals surface area contributed by atoms with Crippen LogP contribution in [0.25, 0.3) is 0 Å². The molecule has 0 aromatic heterocycles. The van der Waals surface area contributed by atoms with Crippen molar-refractivity contribution in [2.45, 2.75) is 27.3 Å². The summed E-state index contributed by atoms with van der Waals surface area (Å²) in [5, 5.41) is 3.28. The molecule has 1 N–H and O–H groups in total. The topological polar surface area (TPSA) is 21.3 Å². The minimum Gasteiger partial charge on any atom is -0.494 e. The second-order valence-electron chi connectivity index (χ2n) is 4.79. The fraction of sp³-hybridized carbons (Fsp3) is 0.571. The number of halogens is 1. The predicted octanol–water partition coefficient (Wildman–Crippen LogP) is 3.22. The van der Waals surface area contributed by atoms with E-state index in [1.807, 2.05) is 6.07 Å². The van der Waals surface area contributed by atoms with Crippen molar-refractivity contribution < 1.29 is 9.13 Å². The van der Waals surface area contributed by atoms with E-state index in [1.165, 1.54) is 7.11 Å². The van der Waals surface area contributed by atoms with Gasteiger partial charge in [-0.3, -0.25) is 0 Å². The number of benzene rings is 1. The Morgan fingerprint density at radius 1 is 1.29 bits per heavy atom. The van der Waals surface area contributed by atoms with Gasteiger partial charge in [-0.25, -0.2) is 4.39 Å². The van der Waals surface area contributed by atoms with Gasteiger partial charge >= 0.3 is 0 Å². The monoisotopic (exact) mass is 239 g/mol. The van der Waals surface area contributed by atoms with Crippen LogP contribution >= 0.6 is 0 Å². The van der Waals surface area contributed by atoms with Gasteiger partial charge in [-0.1, -0.05) is 32.9 Å². The number of ether oxygens (including phenoxy) is 1. The first-order chi connectivity index (χ1) is 8.06. The molecule has 0 radical (unpaired) electrons. The summed E-state index contributed by atoms with van der Waals surface area (Å²) >= 11 is 0. The molecule has 17 heavy (non-hydrogen) atoms. The molecule has 3 heteroatoms. The molecular weight excluding hydrogens is 217 g/mol. The lowest BCUT2D eigenvalue weighted by molar-refractivity contribution is 0.377. The largest absolute Gasteiger partial charge is 0.494 e. The van der Waals surface area contributed by atoms with Crippen molar-refractivity contribution in [1.82, 2.24) is 5.32 Å². The molecule has 0 fully saturated rings. The quantitative estimate of drug-likeness (QED) is 0.823. The van der Waals surface area contributed by atoms with Crippen LogP contribution in [-0.2, 0) is 6.54 Å². The molecule has 1 atom stereocenters. The van der Waals surface area contributed by atoms with E-state index in [4.69, 9.17) is 4.74 Å². The highest BCUT2D eigenvalue weighted by Gasteiger charge is 2.09. The fourth-order valence-corrected chi connectivity index (χ4v) is 1.52. The van der Waals surface area contributed by atoms with Crippen LogP contribution in [0.3, 0.4) is 0 Å². The molecule has 0 spiro atoms. The summed E-state index contributed by atoms with van der Waals surface area (Å²) in [6.45, 7) is 8.02. The standard InChI is InChI=1S/C14H22FNO/c1-10(2)11(3)8-16-9-12-6-5-7-13(17-4)14(12)15/h5-7,10-11,16H,8-9H2,1-4H3. The Morgan fingerprint density at radius 2 is 2.00 bits per heavy atom. The zero-order valence-corrected chi connectivity index (χ0v) is 11.1. The molecule has 0 bridgehead atoms. The predicted molar refractivity (Wildman–Crippen MR) is 68.7 cm³/mol. The van der Waals surface area contributed by atoms with E-state index < -0.39 is 0 Å². The van der Waals surface area contributed by atoms with E-state index in [0.717, 1.165) is 6.54 Å². The van der Waals surface area contributed by atoms with E-state index in [-0.39, 0.29) is 5.82 Å². The van der Waals surface area contributed by atoms with E-state index >= 15 is 0 Å². The summed E-state index contributed by atoms with van der Waals surface area (Å²) in [6, 6.07) is 5.23. The summed E-state index contributed by atoms with van der Waals surface area (Å²) in [7, 11) is 1.48. The Morgan fingerprint density at radius 3 is 2.59 bits per heavy atom. The summed E-state index contributed by atoms with van der Waals surface area (Å²) in [4.78, 5) is 0. The van der Waals surface area contributed by atoms with Crippen molar-refractivity contribution in [2.24, 2.45) is 11.8 Å². The minimum atomic E-state index is -0.264. The van der Waals surface area contributed by atoms with Gasteiger partial charge in [-0.2, -0.15) is 0 Å². The first-order valence-corrected chi connectivity index (χ1v) is 6.08. The van der Waals surface area contributed by atoms with Crippen molar-refractivity contribution in [3.8, 4) is 5.75 Å². The van der Waals surface area contributed by atoms with Crippen LogP contribution in [0, 0.1) is 17.7 Å². The maximum Gasteiger partial charge on any atom is 0.169 e. The SMILES string of the molecule is COc1cccc(CNCC(C)C(C)C)c1F. The van der Waals surface area contributed by atoms with Crippen molar-refractivity contribution in [3.05, 3.63) is 29.6 Å². The number of hydrogen-bond donors (Lipinski definition) is 1. The lowest BCUT2D eigenvalue weighted by atomic mass is 9.98. The van der Waals surface area contributed by atoms with Gasteiger partial charge in [-0.15, -0.1) is 0 Å². The first kappa shape index (κ1) is 14.0. The number of methoxy groups -OCH3 is 1. The molecule has 0 aliphatic rings. The number of hydrogen-bond acceptors (Lipinski definition) is 2. The molecular formula is C14H22FNO. The second kappa shape index (κ2) is 6.60. The highest BCUT2D eigenvalue weighted by Crippen LogP contribution is 2.19. The van der Waals surface area contributed by atoms with Crippen molar-refractivity contribution in [2.75, 3.05) is 13.7 Å². The Balaban J connectivity index is 2.52. The van der Waals surface area contributed by atoms with Gasteiger partial charge < -0.3 is 10.1 Å². The molecule has 0 saturated heterocycles. The van der Waals surface area contributed by atoms with E-state index in [9.17, 15) is 4.39 Å². The molecule has 0 saturated carbocycles. The average molecular weight is 239 g/mol. The Kier molecular flexibility index (Phi) is 5.42. The van der Waals surface area contributed by atoms with Gasteiger partial charge in [0, 0.05) is 12.1 Å². The van der Waals surface area contributed by atoms with Crippen LogP contribution in [0.5, 0.6) is 5.75 Å². The first-order valence-electron chi connectivity index (χ1n) is 6.08. The van der Waals surface area contributed by atoms with Crippen LogP contribution in [0.1, 0.15) is 26.3 Å². The molecule has 96 valence electrons. The molecule has 1 aromatic carbocycles. The highest BCUT2D eigenvalue weighted by atomic mass is 19.1. The Labute approximate surface area is 103 Å². The molecule has 0 heterocycles. The van der Waals surface area contributed by atoms with Gasteiger partial charge in [0.05, 0.1) is 7.11 Å². The summed E-state index contributed by atoms with van der Waals surface area (Å²) in [6.07, 6.45) is 0. The summed E-state index contributed by atoms with van der Waals surface area (Å²) in [5.41, 5.74) is 0.653. The highest BCUT2D eigenvalue weighted by molar-refractivity contribution is 5.30. The third-order valence-electron chi connectivity index (χ3n) is 3.18. The molecule has 1 rings (SSSR count). The van der Waals surface area contributed by atoms with Crippen LogP contribution in [-0.4, -0.2) is 13.7 Å². The van der Waals surface area contributed by atoms with Gasteiger partial charge in [0.25, 0.3) is 0 Å². The van der Waals surface area contributed by atoms with Crippen molar-refractivity contribution >= 4 is 0 Å². The number of nitrogens with one attached hydrogen (secondary N) is 1. The zero-order valence-electron chi connectivity index (χ0n) is 11.1. The molecule has 1 unspecified atom stereocenters. The lowest BCUT2D eigenvalue weighted by Gasteiger charge is -2.16. The third-order valence-corrected chi connectivity index (χ3v) is 3.18. The Hall–Kier alpha value is -1.09. The maximum atomic E-state index is 13.8. The smallest absolute Gasteiger partial charge is 0.169 e. The maximum absolute atomic E-state index is 13.8. The van der Waals surface area contributed by atoms with Crippen molar-refractivity contribution in [3.63, 3.8) is 0 Å². The van der Waals surface area contributed by atoms with E-state index in [0.29, 0.717) is 29.7 Å². The Bertz CT molecular complexity index is 352. The fourth-order valence-electron chi connectivity index (χ4n) is 1.52. The van der Waals surface area contributed by atoms with Crippen LogP contribution in [0.2, 0.25) is 0 Å². The van der Waals surface area contributed by atoms with Gasteiger partial charge in [0.1, 0.15) is 0 Å². The van der Waals surface area contributed by atoms with E-state index in [2.05, 4.69) is 26.1 Å². The molecule has 1 aromatic rings. The average Bonchev–Trinajstić information content (AvgIpc) is 2.31. The lowest BCUT2D eigenvalue weighted by Crippen LogP contribution is -2.24. The minimum absolute atomic E-state index is 0.264. The summed E-state index contributed by atoms with van der Waals surface area (Å²) < 4.78 is 18.7. The molecule has 0 aliphatic carbocycles. The van der Waals surface area contributed by atoms with Gasteiger partial charge in [0.2, 0.25) is 0 Å². The normalized spacial score (nSPS) is 12.8. The number of rotatable bonds is 6. The third kappa shape index (κ3) is 4.00. The van der Waals surface area contributed by atoms with Crippen LogP contribution in [0.15, 0.2) is 18.2 Å². The van der Waals surface area contributed by atoms with Crippen LogP contribution < -0.4 is 10.1 Å².